The maximum atomic E-state index is 14.4. The number of nitrogens with zero attached hydrogens (tertiary/aromatic N) is 2. The lowest BCUT2D eigenvalue weighted by atomic mass is 10.2. The molecule has 1 atom stereocenters. The average molecular weight is 314 g/mol. The number of ether oxygens (including phenoxy) is 1. The van der Waals surface area contributed by atoms with E-state index >= 15 is 0 Å². The van der Waals surface area contributed by atoms with Crippen LogP contribution in [0.2, 0.25) is 0 Å². The minimum Gasteiger partial charge on any atom is -0.445 e. The number of halogens is 1. The molecule has 23 heavy (non-hydrogen) atoms. The van der Waals surface area contributed by atoms with Crippen LogP contribution in [0.4, 0.5) is 14.9 Å². The lowest BCUT2D eigenvalue weighted by molar-refractivity contribution is 0.0764. The molecular weight excluding hydrogens is 295 g/mol. The SMILES string of the molecule is O=C(OCc1ccccc1)N1CCN(c2ccccc2)C(F)C1. The van der Waals surface area contributed by atoms with Crippen LogP contribution in [-0.4, -0.2) is 36.9 Å². The first-order chi connectivity index (χ1) is 11.2. The summed E-state index contributed by atoms with van der Waals surface area (Å²) in [6, 6.07) is 18.8. The van der Waals surface area contributed by atoms with Gasteiger partial charge in [0.2, 0.25) is 0 Å². The number of piperazine rings is 1. The van der Waals surface area contributed by atoms with Gasteiger partial charge in [-0.15, -0.1) is 0 Å². The molecule has 3 rings (SSSR count). The zero-order chi connectivity index (χ0) is 16.1. The summed E-state index contributed by atoms with van der Waals surface area (Å²) in [6.07, 6.45) is -1.69. The first-order valence-corrected chi connectivity index (χ1v) is 7.65. The van der Waals surface area contributed by atoms with Gasteiger partial charge in [-0.3, -0.25) is 0 Å². The third-order valence-corrected chi connectivity index (χ3v) is 3.87. The summed E-state index contributed by atoms with van der Waals surface area (Å²) >= 11 is 0. The van der Waals surface area contributed by atoms with E-state index in [0.29, 0.717) is 13.1 Å². The molecule has 0 radical (unpaired) electrons. The molecule has 1 fully saturated rings. The first kappa shape index (κ1) is 15.3. The molecule has 1 heterocycles. The molecule has 4 nitrogen and oxygen atoms in total. The van der Waals surface area contributed by atoms with Gasteiger partial charge in [-0.1, -0.05) is 48.5 Å². The van der Waals surface area contributed by atoms with E-state index in [1.165, 1.54) is 4.90 Å². The molecule has 1 unspecified atom stereocenters. The zero-order valence-corrected chi connectivity index (χ0v) is 12.8. The Hall–Kier alpha value is -2.56. The first-order valence-electron chi connectivity index (χ1n) is 7.65. The molecule has 1 amide bonds. The van der Waals surface area contributed by atoms with Crippen LogP contribution in [0.5, 0.6) is 0 Å². The van der Waals surface area contributed by atoms with Gasteiger partial charge < -0.3 is 14.5 Å². The average Bonchev–Trinajstić information content (AvgIpc) is 2.61. The molecule has 2 aromatic carbocycles. The molecule has 0 N–H and O–H groups in total. The Bertz CT molecular complexity index is 636. The van der Waals surface area contributed by atoms with Gasteiger partial charge in [0.25, 0.3) is 0 Å². The van der Waals surface area contributed by atoms with Gasteiger partial charge in [-0.25, -0.2) is 9.18 Å². The second kappa shape index (κ2) is 7.13. The van der Waals surface area contributed by atoms with Crippen molar-refractivity contribution in [3.05, 3.63) is 66.2 Å². The summed E-state index contributed by atoms with van der Waals surface area (Å²) in [5.74, 6) is 0. The van der Waals surface area contributed by atoms with Crippen molar-refractivity contribution in [1.82, 2.24) is 4.90 Å². The lowest BCUT2D eigenvalue weighted by Crippen LogP contribution is -2.53. The van der Waals surface area contributed by atoms with Crippen molar-refractivity contribution < 1.29 is 13.9 Å². The predicted octanol–water partition coefficient (Wildman–Crippen LogP) is 3.44. The molecular formula is C18H19FN2O2. The molecule has 5 heteroatoms. The maximum absolute atomic E-state index is 14.4. The van der Waals surface area contributed by atoms with E-state index in [2.05, 4.69) is 0 Å². The van der Waals surface area contributed by atoms with Crippen molar-refractivity contribution in [2.45, 2.75) is 12.9 Å². The van der Waals surface area contributed by atoms with Crippen molar-refractivity contribution in [3.63, 3.8) is 0 Å². The van der Waals surface area contributed by atoms with Crippen LogP contribution in [0, 0.1) is 0 Å². The van der Waals surface area contributed by atoms with Gasteiger partial charge in [0, 0.05) is 18.8 Å². The quantitative estimate of drug-likeness (QED) is 0.814. The standard InChI is InChI=1S/C18H19FN2O2/c19-17-13-20(11-12-21(17)16-9-5-2-6-10-16)18(22)23-14-15-7-3-1-4-8-15/h1-10,17H,11-14H2. The molecule has 1 aliphatic heterocycles. The third kappa shape index (κ3) is 3.80. The van der Waals surface area contributed by atoms with Crippen LogP contribution >= 0.6 is 0 Å². The van der Waals surface area contributed by atoms with Crippen LogP contribution in [0.25, 0.3) is 0 Å². The lowest BCUT2D eigenvalue weighted by Gasteiger charge is -2.38. The van der Waals surface area contributed by atoms with Gasteiger partial charge in [0.05, 0.1) is 6.54 Å². The van der Waals surface area contributed by atoms with E-state index in [9.17, 15) is 9.18 Å². The highest BCUT2D eigenvalue weighted by molar-refractivity contribution is 5.68. The summed E-state index contributed by atoms with van der Waals surface area (Å²) < 4.78 is 19.6. The van der Waals surface area contributed by atoms with Crippen molar-refractivity contribution in [2.75, 3.05) is 24.5 Å². The van der Waals surface area contributed by atoms with Gasteiger partial charge in [0.1, 0.15) is 6.61 Å². The Labute approximate surface area is 135 Å². The highest BCUT2D eigenvalue weighted by Crippen LogP contribution is 2.21. The molecule has 120 valence electrons. The minimum absolute atomic E-state index is 0.0164. The Morgan fingerprint density at radius 1 is 1.04 bits per heavy atom. The summed E-state index contributed by atoms with van der Waals surface area (Å²) in [5, 5.41) is 0. The second-order valence-electron chi connectivity index (χ2n) is 5.45. The number of alkyl halides is 1. The van der Waals surface area contributed by atoms with E-state index in [1.807, 2.05) is 60.7 Å². The number of hydrogen-bond donors (Lipinski definition) is 0. The van der Waals surface area contributed by atoms with Crippen molar-refractivity contribution >= 4 is 11.8 Å². The topological polar surface area (TPSA) is 32.8 Å². The number of carbonyl (C=O) groups is 1. The molecule has 0 bridgehead atoms. The smallest absolute Gasteiger partial charge is 0.410 e. The fraction of sp³-hybridized carbons (Fsp3) is 0.278. The number of para-hydroxylation sites is 1. The maximum Gasteiger partial charge on any atom is 0.410 e. The number of benzene rings is 2. The number of rotatable bonds is 3. The molecule has 0 spiro atoms. The minimum atomic E-state index is -1.23. The summed E-state index contributed by atoms with van der Waals surface area (Å²) in [7, 11) is 0. The number of amides is 1. The van der Waals surface area contributed by atoms with E-state index in [-0.39, 0.29) is 13.2 Å². The van der Waals surface area contributed by atoms with E-state index in [4.69, 9.17) is 4.74 Å². The van der Waals surface area contributed by atoms with Crippen molar-refractivity contribution in [2.24, 2.45) is 0 Å². The Balaban J connectivity index is 1.54. The van der Waals surface area contributed by atoms with Crippen LogP contribution in [0.3, 0.4) is 0 Å². The van der Waals surface area contributed by atoms with Gasteiger partial charge in [-0.2, -0.15) is 0 Å². The summed E-state index contributed by atoms with van der Waals surface area (Å²) in [4.78, 5) is 15.2. The number of hydrogen-bond acceptors (Lipinski definition) is 3. The summed E-state index contributed by atoms with van der Waals surface area (Å²) in [5.41, 5.74) is 1.75. The van der Waals surface area contributed by atoms with Gasteiger partial charge >= 0.3 is 6.09 Å². The Morgan fingerprint density at radius 3 is 2.35 bits per heavy atom. The molecule has 0 aromatic heterocycles. The van der Waals surface area contributed by atoms with Crippen LogP contribution < -0.4 is 4.90 Å². The molecule has 0 saturated carbocycles. The van der Waals surface area contributed by atoms with Crippen LogP contribution in [0.15, 0.2) is 60.7 Å². The fourth-order valence-electron chi connectivity index (χ4n) is 2.63. The van der Waals surface area contributed by atoms with Crippen molar-refractivity contribution in [1.29, 1.82) is 0 Å². The highest BCUT2D eigenvalue weighted by Gasteiger charge is 2.30. The van der Waals surface area contributed by atoms with E-state index < -0.39 is 12.4 Å². The molecule has 0 aliphatic carbocycles. The second-order valence-corrected chi connectivity index (χ2v) is 5.45. The number of anilines is 1. The molecule has 1 saturated heterocycles. The fourth-order valence-corrected chi connectivity index (χ4v) is 2.63. The van der Waals surface area contributed by atoms with Crippen molar-refractivity contribution in [3.8, 4) is 0 Å². The Morgan fingerprint density at radius 2 is 1.70 bits per heavy atom. The van der Waals surface area contributed by atoms with Gasteiger partial charge in [-0.05, 0) is 17.7 Å². The Kier molecular flexibility index (Phi) is 4.76. The predicted molar refractivity (Wildman–Crippen MR) is 86.9 cm³/mol. The zero-order valence-electron chi connectivity index (χ0n) is 12.8. The highest BCUT2D eigenvalue weighted by atomic mass is 19.1. The number of carbonyl (C=O) groups excluding carboxylic acids is 1. The monoisotopic (exact) mass is 314 g/mol. The van der Waals surface area contributed by atoms with Crippen LogP contribution in [-0.2, 0) is 11.3 Å². The summed E-state index contributed by atoms with van der Waals surface area (Å²) in [6.45, 7) is 1.12. The molecule has 2 aromatic rings. The van der Waals surface area contributed by atoms with E-state index in [0.717, 1.165) is 11.3 Å². The van der Waals surface area contributed by atoms with Crippen LogP contribution in [0.1, 0.15) is 5.56 Å². The third-order valence-electron chi connectivity index (χ3n) is 3.87. The van der Waals surface area contributed by atoms with E-state index in [1.54, 1.807) is 4.90 Å². The normalized spacial score (nSPS) is 17.9. The molecule has 1 aliphatic rings. The largest absolute Gasteiger partial charge is 0.445 e. The van der Waals surface area contributed by atoms with Gasteiger partial charge in [0.15, 0.2) is 6.30 Å².